The Morgan fingerprint density at radius 2 is 1.94 bits per heavy atom. The van der Waals surface area contributed by atoms with Crippen molar-refractivity contribution in [3.8, 4) is 16.9 Å². The topological polar surface area (TPSA) is 90.9 Å². The van der Waals surface area contributed by atoms with Gasteiger partial charge in [-0.2, -0.15) is 0 Å². The predicted octanol–water partition coefficient (Wildman–Crippen LogP) is 4.51. The van der Waals surface area contributed by atoms with E-state index in [1.54, 1.807) is 0 Å². The van der Waals surface area contributed by atoms with E-state index < -0.39 is 27.3 Å². The third-order valence-corrected chi connectivity index (χ3v) is 8.78. The van der Waals surface area contributed by atoms with Crippen LogP contribution in [0.5, 0.6) is 5.75 Å². The average molecular weight is 470 g/mol. The first-order valence-electron chi connectivity index (χ1n) is 11.6. The molecule has 2 fully saturated rings. The number of methoxy groups -OCH3 is 1. The number of benzene rings is 2. The molecule has 0 aromatic heterocycles. The molecule has 0 spiro atoms. The first-order valence-corrected chi connectivity index (χ1v) is 13.1. The largest absolute Gasteiger partial charge is 0.493 e. The third kappa shape index (κ3) is 3.51. The quantitative estimate of drug-likeness (QED) is 0.648. The van der Waals surface area contributed by atoms with Gasteiger partial charge in [-0.1, -0.05) is 6.07 Å². The summed E-state index contributed by atoms with van der Waals surface area (Å²) in [7, 11) is -2.31. The van der Waals surface area contributed by atoms with Crippen LogP contribution in [-0.2, 0) is 24.3 Å². The maximum absolute atomic E-state index is 13.5. The highest BCUT2D eigenvalue weighted by molar-refractivity contribution is 7.93. The molecule has 4 aliphatic rings. The molecule has 0 amide bonds. The van der Waals surface area contributed by atoms with Gasteiger partial charge in [-0.15, -0.1) is 0 Å². The van der Waals surface area contributed by atoms with E-state index in [0.717, 1.165) is 53.5 Å². The molecule has 6 rings (SSSR count). The standard InChI is InChI=1S/C25H27NO6S/c1-13-11-18-22(14-3-4-14)23(21(13)24(25(27)30-2)32-16-6-7-16)15-5-8-19-17(12-15)20(9-10-31-19)33(28,29)26-18/h5,8,11-12,14,16,20,24,26H,3-4,6-7,9-10H2,1-2H3. The molecule has 2 aliphatic carbocycles. The van der Waals surface area contributed by atoms with Crippen LogP contribution in [0.2, 0.25) is 0 Å². The maximum atomic E-state index is 13.5. The number of rotatable bonds is 5. The van der Waals surface area contributed by atoms with E-state index in [0.29, 0.717) is 30.0 Å². The molecule has 2 heterocycles. The van der Waals surface area contributed by atoms with Gasteiger partial charge in [0.25, 0.3) is 0 Å². The Balaban J connectivity index is 1.66. The van der Waals surface area contributed by atoms with Crippen molar-refractivity contribution in [1.29, 1.82) is 0 Å². The third-order valence-electron chi connectivity index (χ3n) is 7.04. The molecule has 33 heavy (non-hydrogen) atoms. The Morgan fingerprint density at radius 3 is 2.64 bits per heavy atom. The fourth-order valence-corrected chi connectivity index (χ4v) is 6.73. The molecule has 1 N–H and O–H groups in total. The van der Waals surface area contributed by atoms with Crippen molar-refractivity contribution in [2.75, 3.05) is 18.4 Å². The van der Waals surface area contributed by atoms with Crippen LogP contribution in [0.1, 0.15) is 71.6 Å². The van der Waals surface area contributed by atoms with E-state index in [2.05, 4.69) is 4.72 Å². The van der Waals surface area contributed by atoms with Gasteiger partial charge >= 0.3 is 5.97 Å². The molecule has 2 saturated carbocycles. The van der Waals surface area contributed by atoms with Gasteiger partial charge in [-0.25, -0.2) is 13.2 Å². The number of ether oxygens (including phenoxy) is 3. The zero-order valence-electron chi connectivity index (χ0n) is 18.7. The summed E-state index contributed by atoms with van der Waals surface area (Å²) < 4.78 is 47.1. The van der Waals surface area contributed by atoms with Crippen LogP contribution < -0.4 is 9.46 Å². The van der Waals surface area contributed by atoms with Gasteiger partial charge in [0.2, 0.25) is 10.0 Å². The summed E-state index contributed by atoms with van der Waals surface area (Å²) in [4.78, 5) is 12.9. The molecule has 0 radical (unpaired) electrons. The van der Waals surface area contributed by atoms with Gasteiger partial charge in [0, 0.05) is 17.5 Å². The second kappa shape index (κ2) is 7.46. The second-order valence-electron chi connectivity index (χ2n) is 9.48. The minimum absolute atomic E-state index is 0.0425. The molecule has 8 heteroatoms. The first-order chi connectivity index (χ1) is 15.9. The summed E-state index contributed by atoms with van der Waals surface area (Å²) in [6.45, 7) is 2.26. The number of hydrogen-bond donors (Lipinski definition) is 1. The lowest BCUT2D eigenvalue weighted by atomic mass is 9.84. The van der Waals surface area contributed by atoms with Crippen LogP contribution in [0.15, 0.2) is 24.3 Å². The summed E-state index contributed by atoms with van der Waals surface area (Å²) in [6, 6.07) is 7.63. The van der Waals surface area contributed by atoms with Gasteiger partial charge in [-0.05, 0) is 79.0 Å². The molecule has 0 saturated heterocycles. The molecule has 2 aromatic carbocycles. The van der Waals surface area contributed by atoms with Crippen LogP contribution in [0.4, 0.5) is 5.69 Å². The Hall–Kier alpha value is -2.58. The maximum Gasteiger partial charge on any atom is 0.339 e. The van der Waals surface area contributed by atoms with E-state index >= 15 is 0 Å². The van der Waals surface area contributed by atoms with Crippen LogP contribution in [0, 0.1) is 6.92 Å². The second-order valence-corrected chi connectivity index (χ2v) is 11.3. The van der Waals surface area contributed by atoms with Crippen LogP contribution in [0.3, 0.4) is 0 Å². The molecule has 2 atom stereocenters. The number of fused-ring (bicyclic) bond motifs is 4. The van der Waals surface area contributed by atoms with Gasteiger partial charge in [0.1, 0.15) is 11.0 Å². The zero-order valence-corrected chi connectivity index (χ0v) is 19.5. The minimum Gasteiger partial charge on any atom is -0.493 e. The highest BCUT2D eigenvalue weighted by atomic mass is 32.2. The number of carbonyl (C=O) groups is 1. The number of nitrogens with one attached hydrogen (secondary N) is 1. The smallest absolute Gasteiger partial charge is 0.339 e. The minimum atomic E-state index is -3.68. The van der Waals surface area contributed by atoms with Crippen molar-refractivity contribution in [2.45, 2.75) is 62.4 Å². The zero-order chi connectivity index (χ0) is 22.9. The van der Waals surface area contributed by atoms with E-state index in [-0.39, 0.29) is 12.0 Å². The molecule has 2 unspecified atom stereocenters. The Morgan fingerprint density at radius 1 is 1.15 bits per heavy atom. The highest BCUT2D eigenvalue weighted by Gasteiger charge is 2.41. The molecule has 4 bridgehead atoms. The number of esters is 1. The van der Waals surface area contributed by atoms with Crippen molar-refractivity contribution in [1.82, 2.24) is 0 Å². The van der Waals surface area contributed by atoms with E-state index in [4.69, 9.17) is 14.2 Å². The highest BCUT2D eigenvalue weighted by Crippen LogP contribution is 2.54. The van der Waals surface area contributed by atoms with E-state index in [1.165, 1.54) is 7.11 Å². The monoisotopic (exact) mass is 469 g/mol. The summed E-state index contributed by atoms with van der Waals surface area (Å²) in [5.74, 6) is 0.396. The van der Waals surface area contributed by atoms with Gasteiger partial charge in [0.05, 0.1) is 25.5 Å². The summed E-state index contributed by atoms with van der Waals surface area (Å²) >= 11 is 0. The van der Waals surface area contributed by atoms with E-state index in [1.807, 2.05) is 31.2 Å². The Kier molecular flexibility index (Phi) is 4.75. The van der Waals surface area contributed by atoms with Crippen LogP contribution in [0.25, 0.3) is 11.1 Å². The molecule has 2 aromatic rings. The van der Waals surface area contributed by atoms with Crippen molar-refractivity contribution in [2.24, 2.45) is 0 Å². The normalized spacial score (nSPS) is 23.3. The SMILES string of the molecule is COC(=O)C(OC1CC1)c1c(C)cc2c(C3CC3)c1-c1ccc3c(c1)C(CCO3)S(=O)(=O)N2. The van der Waals surface area contributed by atoms with Gasteiger partial charge < -0.3 is 14.2 Å². The van der Waals surface area contributed by atoms with Gasteiger partial charge in [0.15, 0.2) is 6.10 Å². The summed E-state index contributed by atoms with van der Waals surface area (Å²) in [5.41, 5.74) is 5.58. The lowest BCUT2D eigenvalue weighted by Gasteiger charge is -2.26. The van der Waals surface area contributed by atoms with Crippen molar-refractivity contribution < 1.29 is 27.4 Å². The molecule has 7 nitrogen and oxygen atoms in total. The van der Waals surface area contributed by atoms with Crippen molar-refractivity contribution in [3.05, 3.63) is 46.5 Å². The Labute approximate surface area is 193 Å². The number of aryl methyl sites for hydroxylation is 1. The molecule has 2 aliphatic heterocycles. The molecular formula is C25H27NO6S. The lowest BCUT2D eigenvalue weighted by molar-refractivity contribution is -0.155. The van der Waals surface area contributed by atoms with E-state index in [9.17, 15) is 13.2 Å². The van der Waals surface area contributed by atoms with Crippen LogP contribution >= 0.6 is 0 Å². The predicted molar refractivity (Wildman–Crippen MR) is 123 cm³/mol. The number of anilines is 1. The fraction of sp³-hybridized carbons (Fsp3) is 0.480. The number of hydrogen-bond acceptors (Lipinski definition) is 6. The van der Waals surface area contributed by atoms with Crippen molar-refractivity contribution in [3.63, 3.8) is 0 Å². The first kappa shape index (κ1) is 21.0. The van der Waals surface area contributed by atoms with Crippen molar-refractivity contribution >= 4 is 21.7 Å². The number of sulfonamides is 1. The molecular weight excluding hydrogens is 442 g/mol. The fourth-order valence-electron chi connectivity index (χ4n) is 5.19. The lowest BCUT2D eigenvalue weighted by Crippen LogP contribution is -2.26. The average Bonchev–Trinajstić information content (AvgIpc) is 3.70. The summed E-state index contributed by atoms with van der Waals surface area (Å²) in [6.07, 6.45) is 3.38. The van der Waals surface area contributed by atoms with Crippen LogP contribution in [-0.4, -0.2) is 34.2 Å². The number of carbonyl (C=O) groups excluding carboxylic acids is 1. The Bertz CT molecular complexity index is 1260. The van der Waals surface area contributed by atoms with Gasteiger partial charge in [-0.3, -0.25) is 4.72 Å². The molecule has 174 valence electrons. The summed E-state index contributed by atoms with van der Waals surface area (Å²) in [5, 5.41) is -0.689.